The van der Waals surface area contributed by atoms with Gasteiger partial charge in [-0.05, 0) is 42.3 Å². The van der Waals surface area contributed by atoms with Gasteiger partial charge in [-0.2, -0.15) is 0 Å². The van der Waals surface area contributed by atoms with Crippen LogP contribution >= 0.6 is 34.8 Å². The Balaban J connectivity index is 2.41. The van der Waals surface area contributed by atoms with Crippen molar-refractivity contribution in [3.8, 4) is 22.4 Å². The van der Waals surface area contributed by atoms with Gasteiger partial charge in [0.05, 0.1) is 16.4 Å². The van der Waals surface area contributed by atoms with Crippen molar-refractivity contribution in [3.63, 3.8) is 0 Å². The highest BCUT2D eigenvalue weighted by atomic mass is 35.5. The van der Waals surface area contributed by atoms with Crippen LogP contribution in [0, 0.1) is 0 Å². The van der Waals surface area contributed by atoms with Gasteiger partial charge in [0.2, 0.25) is 15.0 Å². The summed E-state index contributed by atoms with van der Waals surface area (Å²) in [5.74, 6) is 0. The molecule has 2 aromatic carbocycles. The zero-order chi connectivity index (χ0) is 19.8. The Kier molecular flexibility index (Phi) is 5.77. The Bertz CT molecular complexity index is 1110. The molecule has 0 bridgehead atoms. The first-order valence-electron chi connectivity index (χ1n) is 8.03. The molecular weight excluding hydrogens is 427 g/mol. The number of sulfone groups is 1. The Labute approximate surface area is 173 Å². The van der Waals surface area contributed by atoms with Gasteiger partial charge < -0.3 is 0 Å². The van der Waals surface area contributed by atoms with Gasteiger partial charge in [-0.3, -0.25) is 0 Å². The predicted octanol–water partition coefficient (Wildman–Crippen LogP) is 5.74. The van der Waals surface area contributed by atoms with E-state index in [0.717, 1.165) is 11.8 Å². The molecule has 1 heterocycles. The zero-order valence-corrected chi connectivity index (χ0v) is 17.6. The summed E-state index contributed by atoms with van der Waals surface area (Å²) in [5, 5.41) is 1.21. The molecule has 0 saturated carbocycles. The number of hydrogen-bond donors (Lipinski definition) is 0. The van der Waals surface area contributed by atoms with Crippen LogP contribution in [0.5, 0.6) is 0 Å². The second-order valence-electron chi connectivity index (χ2n) is 5.93. The van der Waals surface area contributed by atoms with Crippen molar-refractivity contribution in [1.82, 2.24) is 9.97 Å². The average molecular weight is 442 g/mol. The van der Waals surface area contributed by atoms with Crippen LogP contribution in [-0.2, 0) is 16.3 Å². The highest BCUT2D eigenvalue weighted by Gasteiger charge is 2.22. The Morgan fingerprint density at radius 2 is 1.56 bits per heavy atom. The summed E-state index contributed by atoms with van der Waals surface area (Å²) in [7, 11) is -3.61. The third-order valence-corrected chi connectivity index (χ3v) is 5.59. The number of nitrogens with zero attached hydrogens (tertiary/aromatic N) is 2. The zero-order valence-electron chi connectivity index (χ0n) is 14.5. The molecule has 0 fully saturated rings. The fourth-order valence-corrected chi connectivity index (χ4v) is 3.86. The van der Waals surface area contributed by atoms with E-state index in [9.17, 15) is 8.42 Å². The lowest BCUT2D eigenvalue weighted by atomic mass is 9.96. The first kappa shape index (κ1) is 20.1. The summed E-state index contributed by atoms with van der Waals surface area (Å²) in [6.07, 6.45) is 1.60. The molecular formula is C19H15Cl3N2O2S. The third-order valence-electron chi connectivity index (χ3n) is 3.95. The van der Waals surface area contributed by atoms with E-state index in [2.05, 4.69) is 9.97 Å². The molecule has 0 atom stereocenters. The molecule has 0 spiro atoms. The van der Waals surface area contributed by atoms with Crippen LogP contribution < -0.4 is 0 Å². The standard InChI is InChI=1S/C19H15Cl3N2O2S/c1-3-16-17(11-4-6-12(20)7-5-11)18(24-19(23-16)27(2,25)26)14-9-8-13(21)10-15(14)22/h4-10H,3H2,1-2H3. The van der Waals surface area contributed by atoms with Crippen LogP contribution in [0.3, 0.4) is 0 Å². The van der Waals surface area contributed by atoms with Gasteiger partial charge in [0, 0.05) is 27.4 Å². The molecule has 0 saturated heterocycles. The van der Waals surface area contributed by atoms with Crippen LogP contribution in [0.1, 0.15) is 12.6 Å². The number of rotatable bonds is 4. The molecule has 140 valence electrons. The van der Waals surface area contributed by atoms with Crippen molar-refractivity contribution in [2.45, 2.75) is 18.5 Å². The summed E-state index contributed by atoms with van der Waals surface area (Å²) in [4.78, 5) is 8.65. The third kappa shape index (κ3) is 4.27. The maximum Gasteiger partial charge on any atom is 0.247 e. The van der Waals surface area contributed by atoms with E-state index < -0.39 is 9.84 Å². The summed E-state index contributed by atoms with van der Waals surface area (Å²) < 4.78 is 24.2. The largest absolute Gasteiger partial charge is 0.247 e. The summed E-state index contributed by atoms with van der Waals surface area (Å²) in [6.45, 7) is 1.90. The van der Waals surface area contributed by atoms with Gasteiger partial charge in [0.25, 0.3) is 0 Å². The second kappa shape index (κ2) is 7.76. The van der Waals surface area contributed by atoms with E-state index in [-0.39, 0.29) is 5.16 Å². The smallest absolute Gasteiger partial charge is 0.223 e. The lowest BCUT2D eigenvalue weighted by Gasteiger charge is -2.16. The lowest BCUT2D eigenvalue weighted by molar-refractivity contribution is 0.592. The van der Waals surface area contributed by atoms with Crippen molar-refractivity contribution in [3.05, 3.63) is 63.2 Å². The fourth-order valence-electron chi connectivity index (χ4n) is 2.70. The second-order valence-corrected chi connectivity index (χ2v) is 9.12. The lowest BCUT2D eigenvalue weighted by Crippen LogP contribution is -2.09. The summed E-state index contributed by atoms with van der Waals surface area (Å²) in [5.41, 5.74) is 3.15. The maximum atomic E-state index is 12.1. The minimum absolute atomic E-state index is 0.238. The molecule has 0 aliphatic rings. The van der Waals surface area contributed by atoms with Crippen molar-refractivity contribution in [1.29, 1.82) is 0 Å². The average Bonchev–Trinajstić information content (AvgIpc) is 2.61. The number of halogens is 3. The van der Waals surface area contributed by atoms with Crippen LogP contribution in [0.25, 0.3) is 22.4 Å². The molecule has 0 N–H and O–H groups in total. The fraction of sp³-hybridized carbons (Fsp3) is 0.158. The van der Waals surface area contributed by atoms with E-state index >= 15 is 0 Å². The van der Waals surface area contributed by atoms with Crippen LogP contribution in [0.2, 0.25) is 15.1 Å². The SMILES string of the molecule is CCc1nc(S(C)(=O)=O)nc(-c2ccc(Cl)cc2Cl)c1-c1ccc(Cl)cc1. The van der Waals surface area contributed by atoms with Crippen LogP contribution in [0.15, 0.2) is 47.6 Å². The minimum Gasteiger partial charge on any atom is -0.223 e. The molecule has 0 amide bonds. The molecule has 0 unspecified atom stereocenters. The molecule has 8 heteroatoms. The monoisotopic (exact) mass is 440 g/mol. The molecule has 3 aromatic rings. The molecule has 4 nitrogen and oxygen atoms in total. The minimum atomic E-state index is -3.61. The molecule has 0 aliphatic heterocycles. The normalized spacial score (nSPS) is 11.6. The van der Waals surface area contributed by atoms with E-state index in [4.69, 9.17) is 34.8 Å². The number of aromatic nitrogens is 2. The Morgan fingerprint density at radius 3 is 2.11 bits per heavy atom. The van der Waals surface area contributed by atoms with Crippen molar-refractivity contribution < 1.29 is 8.42 Å². The predicted molar refractivity (Wildman–Crippen MR) is 110 cm³/mol. The molecule has 3 rings (SSSR count). The highest BCUT2D eigenvalue weighted by Crippen LogP contribution is 2.38. The Morgan fingerprint density at radius 1 is 0.926 bits per heavy atom. The first-order valence-corrected chi connectivity index (χ1v) is 11.1. The number of benzene rings is 2. The Hall–Kier alpha value is -1.66. The summed E-state index contributed by atoms with van der Waals surface area (Å²) in [6, 6.07) is 12.2. The van der Waals surface area contributed by atoms with Gasteiger partial charge in [-0.25, -0.2) is 18.4 Å². The van der Waals surface area contributed by atoms with Gasteiger partial charge in [0.1, 0.15) is 0 Å². The molecule has 27 heavy (non-hydrogen) atoms. The van der Waals surface area contributed by atoms with Crippen molar-refractivity contribution in [2.24, 2.45) is 0 Å². The highest BCUT2D eigenvalue weighted by molar-refractivity contribution is 7.90. The quantitative estimate of drug-likeness (QED) is 0.485. The van der Waals surface area contributed by atoms with Crippen molar-refractivity contribution in [2.75, 3.05) is 6.26 Å². The molecule has 0 aliphatic carbocycles. The van der Waals surface area contributed by atoms with E-state index in [1.807, 2.05) is 19.1 Å². The van der Waals surface area contributed by atoms with E-state index in [1.165, 1.54) is 0 Å². The van der Waals surface area contributed by atoms with Gasteiger partial charge in [-0.15, -0.1) is 0 Å². The molecule has 1 aromatic heterocycles. The number of hydrogen-bond acceptors (Lipinski definition) is 4. The van der Waals surface area contributed by atoms with E-state index in [0.29, 0.717) is 44.0 Å². The van der Waals surface area contributed by atoms with Gasteiger partial charge in [0.15, 0.2) is 0 Å². The topological polar surface area (TPSA) is 59.9 Å². The van der Waals surface area contributed by atoms with E-state index in [1.54, 1.807) is 30.3 Å². The number of aryl methyl sites for hydroxylation is 1. The van der Waals surface area contributed by atoms with Gasteiger partial charge >= 0.3 is 0 Å². The van der Waals surface area contributed by atoms with Crippen molar-refractivity contribution >= 4 is 44.6 Å². The van der Waals surface area contributed by atoms with Gasteiger partial charge in [-0.1, -0.05) is 53.9 Å². The van der Waals surface area contributed by atoms with Crippen LogP contribution in [-0.4, -0.2) is 24.6 Å². The molecule has 0 radical (unpaired) electrons. The maximum absolute atomic E-state index is 12.1. The van der Waals surface area contributed by atoms with Crippen LogP contribution in [0.4, 0.5) is 0 Å². The summed E-state index contributed by atoms with van der Waals surface area (Å²) >= 11 is 18.4. The first-order chi connectivity index (χ1) is 12.7.